The summed E-state index contributed by atoms with van der Waals surface area (Å²) in [6.45, 7) is 0. The van der Waals surface area contributed by atoms with Gasteiger partial charge in [-0.2, -0.15) is 0 Å². The summed E-state index contributed by atoms with van der Waals surface area (Å²) in [5.74, 6) is -1.15. The Balaban J connectivity index is 2.03. The van der Waals surface area contributed by atoms with Gasteiger partial charge in [0, 0.05) is 30.1 Å². The summed E-state index contributed by atoms with van der Waals surface area (Å²) in [6.07, 6.45) is 3.84. The SMILES string of the molecule is O=C1CCc2cc(C(=O)c3ccncc3)c(F)cc2N1. The molecule has 5 heteroatoms. The van der Waals surface area contributed by atoms with Crippen molar-refractivity contribution in [2.24, 2.45) is 0 Å². The molecule has 1 aromatic carbocycles. The van der Waals surface area contributed by atoms with Gasteiger partial charge in [0.1, 0.15) is 5.82 Å². The smallest absolute Gasteiger partial charge is 0.224 e. The summed E-state index contributed by atoms with van der Waals surface area (Å²) in [7, 11) is 0. The van der Waals surface area contributed by atoms with Gasteiger partial charge in [-0.25, -0.2) is 4.39 Å². The number of aromatic nitrogens is 1. The maximum Gasteiger partial charge on any atom is 0.224 e. The van der Waals surface area contributed by atoms with Crippen LogP contribution in [0.5, 0.6) is 0 Å². The molecule has 0 unspecified atom stereocenters. The number of ketones is 1. The number of pyridine rings is 1. The van der Waals surface area contributed by atoms with Gasteiger partial charge < -0.3 is 5.32 Å². The van der Waals surface area contributed by atoms with Crippen molar-refractivity contribution < 1.29 is 14.0 Å². The fourth-order valence-corrected chi connectivity index (χ4v) is 2.23. The minimum Gasteiger partial charge on any atom is -0.326 e. The quantitative estimate of drug-likeness (QED) is 0.852. The Morgan fingerprint density at radius 2 is 1.95 bits per heavy atom. The molecule has 0 aliphatic carbocycles. The Morgan fingerprint density at radius 1 is 1.20 bits per heavy atom. The Bertz CT molecular complexity index is 699. The summed E-state index contributed by atoms with van der Waals surface area (Å²) in [5, 5.41) is 2.61. The first-order chi connectivity index (χ1) is 9.65. The van der Waals surface area contributed by atoms with E-state index in [9.17, 15) is 14.0 Å². The van der Waals surface area contributed by atoms with Crippen molar-refractivity contribution >= 4 is 17.4 Å². The molecule has 100 valence electrons. The van der Waals surface area contributed by atoms with E-state index in [4.69, 9.17) is 0 Å². The van der Waals surface area contributed by atoms with Gasteiger partial charge in [0.2, 0.25) is 5.91 Å². The average molecular weight is 270 g/mol. The Kier molecular flexibility index (Phi) is 3.02. The lowest BCUT2D eigenvalue weighted by atomic mass is 9.96. The van der Waals surface area contributed by atoms with E-state index < -0.39 is 5.82 Å². The molecule has 1 amide bonds. The van der Waals surface area contributed by atoms with Crippen molar-refractivity contribution in [1.29, 1.82) is 0 Å². The van der Waals surface area contributed by atoms with Crippen LogP contribution in [0, 0.1) is 5.82 Å². The molecule has 1 aliphatic heterocycles. The van der Waals surface area contributed by atoms with Gasteiger partial charge in [0.25, 0.3) is 0 Å². The number of fused-ring (bicyclic) bond motifs is 1. The largest absolute Gasteiger partial charge is 0.326 e. The van der Waals surface area contributed by atoms with Crippen molar-refractivity contribution in [2.75, 3.05) is 5.32 Å². The van der Waals surface area contributed by atoms with Crippen LogP contribution in [0.25, 0.3) is 0 Å². The van der Waals surface area contributed by atoms with Gasteiger partial charge in [-0.15, -0.1) is 0 Å². The second kappa shape index (κ2) is 4.85. The van der Waals surface area contributed by atoms with Crippen molar-refractivity contribution in [2.45, 2.75) is 12.8 Å². The van der Waals surface area contributed by atoms with Crippen LogP contribution >= 0.6 is 0 Å². The molecule has 0 spiro atoms. The van der Waals surface area contributed by atoms with Crippen LogP contribution in [0.1, 0.15) is 27.9 Å². The van der Waals surface area contributed by atoms with Gasteiger partial charge in [-0.1, -0.05) is 0 Å². The van der Waals surface area contributed by atoms with Gasteiger partial charge >= 0.3 is 0 Å². The molecule has 4 nitrogen and oxygen atoms in total. The highest BCUT2D eigenvalue weighted by molar-refractivity contribution is 6.09. The average Bonchev–Trinajstić information content (AvgIpc) is 2.46. The maximum absolute atomic E-state index is 14.1. The third-order valence-corrected chi connectivity index (χ3v) is 3.28. The molecule has 2 heterocycles. The Morgan fingerprint density at radius 3 is 2.70 bits per heavy atom. The molecule has 0 fully saturated rings. The fourth-order valence-electron chi connectivity index (χ4n) is 2.23. The van der Waals surface area contributed by atoms with E-state index in [-0.39, 0.29) is 17.3 Å². The van der Waals surface area contributed by atoms with Crippen LogP contribution in [0.4, 0.5) is 10.1 Å². The number of rotatable bonds is 2. The minimum absolute atomic E-state index is 0.0195. The second-order valence-electron chi connectivity index (χ2n) is 4.60. The molecule has 0 atom stereocenters. The number of amides is 1. The van der Waals surface area contributed by atoms with Crippen LogP contribution < -0.4 is 5.32 Å². The number of carbonyl (C=O) groups is 2. The summed E-state index contributed by atoms with van der Waals surface area (Å²) >= 11 is 0. The van der Waals surface area contributed by atoms with Crippen LogP contribution in [0.15, 0.2) is 36.7 Å². The van der Waals surface area contributed by atoms with E-state index in [1.165, 1.54) is 24.5 Å². The van der Waals surface area contributed by atoms with E-state index in [1.54, 1.807) is 12.1 Å². The van der Waals surface area contributed by atoms with E-state index in [2.05, 4.69) is 10.3 Å². The zero-order chi connectivity index (χ0) is 14.1. The lowest BCUT2D eigenvalue weighted by Gasteiger charge is -2.18. The highest BCUT2D eigenvalue weighted by atomic mass is 19.1. The van der Waals surface area contributed by atoms with Crippen LogP contribution in [0.3, 0.4) is 0 Å². The number of benzene rings is 1. The third-order valence-electron chi connectivity index (χ3n) is 3.28. The first kappa shape index (κ1) is 12.5. The normalized spacial score (nSPS) is 13.6. The lowest BCUT2D eigenvalue weighted by Crippen LogP contribution is -2.20. The number of nitrogens with one attached hydrogen (secondary N) is 1. The molecule has 20 heavy (non-hydrogen) atoms. The zero-order valence-electron chi connectivity index (χ0n) is 10.5. The first-order valence-corrected chi connectivity index (χ1v) is 6.22. The predicted molar refractivity (Wildman–Crippen MR) is 71.0 cm³/mol. The van der Waals surface area contributed by atoms with Crippen LogP contribution in [-0.4, -0.2) is 16.7 Å². The molecular formula is C15H11FN2O2. The maximum atomic E-state index is 14.1. The number of hydrogen-bond donors (Lipinski definition) is 1. The molecule has 0 bridgehead atoms. The number of halogens is 1. The third kappa shape index (κ3) is 2.18. The lowest BCUT2D eigenvalue weighted by molar-refractivity contribution is -0.116. The molecule has 1 aliphatic rings. The molecule has 1 aromatic heterocycles. The van der Waals surface area contributed by atoms with Crippen molar-refractivity contribution in [3.05, 3.63) is 59.2 Å². The molecule has 3 rings (SSSR count). The number of anilines is 1. The Labute approximate surface area is 114 Å². The van der Waals surface area contributed by atoms with E-state index in [1.807, 2.05) is 0 Å². The molecule has 0 saturated heterocycles. The summed E-state index contributed by atoms with van der Waals surface area (Å²) < 4.78 is 14.1. The second-order valence-corrected chi connectivity index (χ2v) is 4.60. The zero-order valence-corrected chi connectivity index (χ0v) is 10.5. The highest BCUT2D eigenvalue weighted by Gasteiger charge is 2.21. The molecule has 2 aromatic rings. The first-order valence-electron chi connectivity index (χ1n) is 6.22. The van der Waals surface area contributed by atoms with Gasteiger partial charge in [-0.05, 0) is 36.2 Å². The number of hydrogen-bond acceptors (Lipinski definition) is 3. The molecule has 0 radical (unpaired) electrons. The van der Waals surface area contributed by atoms with Gasteiger partial charge in [-0.3, -0.25) is 14.6 Å². The van der Waals surface area contributed by atoms with E-state index >= 15 is 0 Å². The molecular weight excluding hydrogens is 259 g/mol. The Hall–Kier alpha value is -2.56. The monoisotopic (exact) mass is 270 g/mol. The summed E-state index contributed by atoms with van der Waals surface area (Å²) in [5.41, 5.74) is 1.64. The van der Waals surface area contributed by atoms with Crippen LogP contribution in [0.2, 0.25) is 0 Å². The minimum atomic E-state index is -0.632. The van der Waals surface area contributed by atoms with Gasteiger partial charge in [0.15, 0.2) is 5.78 Å². The number of aryl methyl sites for hydroxylation is 1. The highest BCUT2D eigenvalue weighted by Crippen LogP contribution is 2.27. The van der Waals surface area contributed by atoms with E-state index in [0.717, 1.165) is 5.56 Å². The predicted octanol–water partition coefficient (Wildman–Crippen LogP) is 2.34. The topological polar surface area (TPSA) is 59.1 Å². The molecule has 1 N–H and O–H groups in total. The van der Waals surface area contributed by atoms with Gasteiger partial charge in [0.05, 0.1) is 5.56 Å². The fraction of sp³-hybridized carbons (Fsp3) is 0.133. The molecule has 0 saturated carbocycles. The van der Waals surface area contributed by atoms with Crippen LogP contribution in [-0.2, 0) is 11.2 Å². The number of carbonyl (C=O) groups excluding carboxylic acids is 2. The van der Waals surface area contributed by atoms with Crippen molar-refractivity contribution in [1.82, 2.24) is 4.98 Å². The number of nitrogens with zero attached hydrogens (tertiary/aromatic N) is 1. The van der Waals surface area contributed by atoms with Crippen molar-refractivity contribution in [3.63, 3.8) is 0 Å². The summed E-state index contributed by atoms with van der Waals surface area (Å²) in [4.78, 5) is 27.4. The van der Waals surface area contributed by atoms with Crippen molar-refractivity contribution in [3.8, 4) is 0 Å². The standard InChI is InChI=1S/C15H11FN2O2/c16-12-8-13-10(1-2-14(19)18-13)7-11(12)15(20)9-3-5-17-6-4-9/h3-8H,1-2H2,(H,18,19). The van der Waals surface area contributed by atoms with E-state index in [0.29, 0.717) is 24.1 Å². The summed E-state index contributed by atoms with van der Waals surface area (Å²) in [6, 6.07) is 5.82.